The second-order valence-corrected chi connectivity index (χ2v) is 5.78. The number of rotatable bonds is 1. The van der Waals surface area contributed by atoms with Crippen molar-refractivity contribution in [3.8, 4) is 11.3 Å². The van der Waals surface area contributed by atoms with Crippen LogP contribution in [0.3, 0.4) is 0 Å². The zero-order chi connectivity index (χ0) is 15.1. The molecule has 0 N–H and O–H groups in total. The van der Waals surface area contributed by atoms with Crippen LogP contribution in [0.15, 0.2) is 65.1 Å². The lowest BCUT2D eigenvalue weighted by molar-refractivity contribution is 0.564. The van der Waals surface area contributed by atoms with Gasteiger partial charge in [-0.15, -0.1) is 0 Å². The fourth-order valence-electron chi connectivity index (χ4n) is 2.63. The first kappa shape index (κ1) is 13.4. The number of aromatic nitrogens is 1. The highest BCUT2D eigenvalue weighted by Gasteiger charge is 2.11. The molecule has 1 aromatic heterocycles. The average molecular weight is 324 g/mol. The van der Waals surface area contributed by atoms with E-state index in [4.69, 9.17) is 28.2 Å². The lowest BCUT2D eigenvalue weighted by atomic mass is 10.0. The van der Waals surface area contributed by atoms with E-state index in [1.165, 1.54) is 0 Å². The third-order valence-electron chi connectivity index (χ3n) is 3.64. The molecule has 22 heavy (non-hydrogen) atoms. The van der Waals surface area contributed by atoms with Gasteiger partial charge in [-0.25, -0.2) is 4.98 Å². The molecule has 0 amide bonds. The van der Waals surface area contributed by atoms with Crippen molar-refractivity contribution in [1.82, 2.24) is 4.98 Å². The van der Waals surface area contributed by atoms with Crippen LogP contribution in [0.25, 0.3) is 33.0 Å². The van der Waals surface area contributed by atoms with Gasteiger partial charge >= 0.3 is 0 Å². The van der Waals surface area contributed by atoms with Crippen molar-refractivity contribution >= 4 is 45.6 Å². The molecule has 3 aromatic carbocycles. The Hall–Kier alpha value is -2.23. The fourth-order valence-corrected chi connectivity index (χ4v) is 2.93. The summed E-state index contributed by atoms with van der Waals surface area (Å²) in [6.45, 7) is 0. The van der Waals surface area contributed by atoms with Gasteiger partial charge < -0.3 is 4.42 Å². The maximum Gasteiger partial charge on any atom is 0.289 e. The predicted molar refractivity (Wildman–Crippen MR) is 92.8 cm³/mol. The smallest absolute Gasteiger partial charge is 0.289 e. The van der Waals surface area contributed by atoms with E-state index in [0.717, 1.165) is 33.0 Å². The monoisotopic (exact) mass is 323 g/mol. The van der Waals surface area contributed by atoms with Gasteiger partial charge in [-0.05, 0) is 35.8 Å². The fraction of sp³-hybridized carbons (Fsp3) is 0. The molecular formula is C18H10ClNOS. The average Bonchev–Trinajstić information content (AvgIpc) is 2.55. The first-order chi connectivity index (χ1) is 10.7. The van der Waals surface area contributed by atoms with Crippen LogP contribution in [0.2, 0.25) is 5.02 Å². The zero-order valence-electron chi connectivity index (χ0n) is 11.4. The normalized spacial score (nSPS) is 11.1. The first-order valence-corrected chi connectivity index (χ1v) is 7.59. The standard InChI is InChI=1S/C18H10ClNOS/c19-13-8-5-12(6-9-13)16-15-10-7-11-3-1-2-4-14(11)17(15)21-18(22)20-16/h1-10H. The summed E-state index contributed by atoms with van der Waals surface area (Å²) in [4.78, 5) is 4.64. The molecule has 4 aromatic rings. The number of nitrogens with zero attached hydrogens (tertiary/aromatic N) is 1. The molecular weight excluding hydrogens is 314 g/mol. The molecule has 0 aliphatic rings. The van der Waals surface area contributed by atoms with Crippen LogP contribution < -0.4 is 0 Å². The van der Waals surface area contributed by atoms with Gasteiger partial charge in [-0.3, -0.25) is 0 Å². The van der Waals surface area contributed by atoms with E-state index in [9.17, 15) is 0 Å². The molecule has 0 atom stereocenters. The van der Waals surface area contributed by atoms with E-state index < -0.39 is 0 Å². The van der Waals surface area contributed by atoms with Gasteiger partial charge in [-0.2, -0.15) is 0 Å². The van der Waals surface area contributed by atoms with Gasteiger partial charge in [0.25, 0.3) is 4.84 Å². The van der Waals surface area contributed by atoms with Crippen LogP contribution in [0.1, 0.15) is 0 Å². The molecule has 0 radical (unpaired) electrons. The van der Waals surface area contributed by atoms with Crippen molar-refractivity contribution in [2.45, 2.75) is 0 Å². The number of hydrogen-bond acceptors (Lipinski definition) is 3. The van der Waals surface area contributed by atoms with Crippen LogP contribution in [0.4, 0.5) is 0 Å². The molecule has 0 spiro atoms. The molecule has 0 aliphatic carbocycles. The quantitative estimate of drug-likeness (QED) is 0.316. The molecule has 0 unspecified atom stereocenters. The van der Waals surface area contributed by atoms with Crippen LogP contribution in [-0.4, -0.2) is 4.98 Å². The Morgan fingerprint density at radius 3 is 2.45 bits per heavy atom. The molecule has 0 saturated heterocycles. The highest BCUT2D eigenvalue weighted by Crippen LogP contribution is 2.32. The largest absolute Gasteiger partial charge is 0.429 e. The van der Waals surface area contributed by atoms with E-state index >= 15 is 0 Å². The van der Waals surface area contributed by atoms with Crippen LogP contribution in [0, 0.1) is 4.84 Å². The van der Waals surface area contributed by atoms with Crippen molar-refractivity contribution < 1.29 is 4.42 Å². The summed E-state index contributed by atoms with van der Waals surface area (Å²) in [5, 5.41) is 3.78. The van der Waals surface area contributed by atoms with Gasteiger partial charge in [0.1, 0.15) is 5.58 Å². The second kappa shape index (κ2) is 5.20. The molecule has 4 rings (SSSR count). The molecule has 106 valence electrons. The van der Waals surface area contributed by atoms with Crippen molar-refractivity contribution in [3.63, 3.8) is 0 Å². The molecule has 4 heteroatoms. The van der Waals surface area contributed by atoms with Crippen LogP contribution >= 0.6 is 23.8 Å². The maximum atomic E-state index is 5.97. The van der Waals surface area contributed by atoms with Crippen molar-refractivity contribution in [2.24, 2.45) is 0 Å². The second-order valence-electron chi connectivity index (χ2n) is 5.00. The van der Waals surface area contributed by atoms with Gasteiger partial charge in [0.05, 0.1) is 5.69 Å². The number of benzene rings is 3. The third-order valence-corrected chi connectivity index (χ3v) is 4.07. The Bertz CT molecular complexity index is 1050. The van der Waals surface area contributed by atoms with Crippen molar-refractivity contribution in [2.75, 3.05) is 0 Å². The number of fused-ring (bicyclic) bond motifs is 3. The Morgan fingerprint density at radius 1 is 0.864 bits per heavy atom. The van der Waals surface area contributed by atoms with Gasteiger partial charge in [0.15, 0.2) is 0 Å². The lowest BCUT2D eigenvalue weighted by Gasteiger charge is -2.07. The summed E-state index contributed by atoms with van der Waals surface area (Å²) in [5.41, 5.74) is 2.54. The Balaban J connectivity index is 2.13. The zero-order valence-corrected chi connectivity index (χ0v) is 13.0. The van der Waals surface area contributed by atoms with Crippen molar-refractivity contribution in [3.05, 3.63) is 70.5 Å². The van der Waals surface area contributed by atoms with Gasteiger partial charge in [0.2, 0.25) is 0 Å². The predicted octanol–water partition coefficient (Wildman–Crippen LogP) is 6.03. The van der Waals surface area contributed by atoms with E-state index in [-0.39, 0.29) is 4.84 Å². The summed E-state index contributed by atoms with van der Waals surface area (Å²) < 4.78 is 5.74. The molecule has 0 saturated carbocycles. The maximum absolute atomic E-state index is 5.97. The summed E-state index contributed by atoms with van der Waals surface area (Å²) in [7, 11) is 0. The Kier molecular flexibility index (Phi) is 3.17. The van der Waals surface area contributed by atoms with Gasteiger partial charge in [-0.1, -0.05) is 54.1 Å². The van der Waals surface area contributed by atoms with E-state index in [2.05, 4.69) is 17.1 Å². The third kappa shape index (κ3) is 2.19. The highest BCUT2D eigenvalue weighted by atomic mass is 35.5. The van der Waals surface area contributed by atoms with E-state index in [1.807, 2.05) is 48.5 Å². The first-order valence-electron chi connectivity index (χ1n) is 6.81. The van der Waals surface area contributed by atoms with Gasteiger partial charge in [0, 0.05) is 21.4 Å². The molecule has 0 bridgehead atoms. The topological polar surface area (TPSA) is 26.0 Å². The summed E-state index contributed by atoms with van der Waals surface area (Å²) in [6.07, 6.45) is 0. The Morgan fingerprint density at radius 2 is 1.64 bits per heavy atom. The number of halogens is 1. The highest BCUT2D eigenvalue weighted by molar-refractivity contribution is 7.71. The van der Waals surface area contributed by atoms with Crippen molar-refractivity contribution in [1.29, 1.82) is 0 Å². The molecule has 0 aliphatic heterocycles. The van der Waals surface area contributed by atoms with Crippen LogP contribution in [-0.2, 0) is 0 Å². The minimum atomic E-state index is 0.230. The molecule has 0 fully saturated rings. The SMILES string of the molecule is S=c1nc(-c2ccc(Cl)cc2)c2ccc3ccccc3c2o1. The summed E-state index contributed by atoms with van der Waals surface area (Å²) in [5.74, 6) is 0. The summed E-state index contributed by atoms with van der Waals surface area (Å²) >= 11 is 11.2. The lowest BCUT2D eigenvalue weighted by Crippen LogP contribution is -1.88. The minimum Gasteiger partial charge on any atom is -0.429 e. The Labute approximate surface area is 137 Å². The minimum absolute atomic E-state index is 0.230. The molecule has 1 heterocycles. The van der Waals surface area contributed by atoms with Crippen LogP contribution in [0.5, 0.6) is 0 Å². The molecule has 2 nitrogen and oxygen atoms in total. The number of hydrogen-bond donors (Lipinski definition) is 0. The summed E-state index contributed by atoms with van der Waals surface area (Å²) in [6, 6.07) is 19.7. The van der Waals surface area contributed by atoms with E-state index in [0.29, 0.717) is 5.02 Å². The van der Waals surface area contributed by atoms with E-state index in [1.54, 1.807) is 0 Å².